The van der Waals surface area contributed by atoms with E-state index in [4.69, 9.17) is 10.3 Å². The normalized spacial score (nSPS) is 10.8. The summed E-state index contributed by atoms with van der Waals surface area (Å²) in [5.74, 6) is 0.383. The summed E-state index contributed by atoms with van der Waals surface area (Å²) in [7, 11) is 0. The molecule has 0 amide bonds. The molecule has 0 spiro atoms. The first-order valence-corrected chi connectivity index (χ1v) is 7.00. The third-order valence-corrected chi connectivity index (χ3v) is 3.77. The van der Waals surface area contributed by atoms with Gasteiger partial charge in [-0.2, -0.15) is 4.98 Å². The van der Waals surface area contributed by atoms with E-state index in [0.29, 0.717) is 27.4 Å². The average Bonchev–Trinajstić information content (AvgIpc) is 2.87. The number of hydrogen-bond donors (Lipinski definition) is 1. The summed E-state index contributed by atoms with van der Waals surface area (Å²) in [5, 5.41) is 3.94. The molecule has 0 aliphatic carbocycles. The minimum absolute atomic E-state index is 0.336. The Labute approximate surface area is 128 Å². The van der Waals surface area contributed by atoms with Crippen molar-refractivity contribution < 1.29 is 8.91 Å². The first kappa shape index (κ1) is 13.8. The third-order valence-electron chi connectivity index (χ3n) is 3.12. The summed E-state index contributed by atoms with van der Waals surface area (Å²) in [4.78, 5) is 4.35. The molecular formula is C15H11BrFN3O. The van der Waals surface area contributed by atoms with Gasteiger partial charge in [-0.1, -0.05) is 17.3 Å². The van der Waals surface area contributed by atoms with E-state index in [-0.39, 0.29) is 5.82 Å². The number of hydrogen-bond acceptors (Lipinski definition) is 4. The largest absolute Gasteiger partial charge is 0.398 e. The molecule has 0 saturated heterocycles. The predicted molar refractivity (Wildman–Crippen MR) is 82.0 cm³/mol. The fourth-order valence-electron chi connectivity index (χ4n) is 2.09. The number of nitrogen functional groups attached to an aromatic ring is 1. The molecule has 2 aromatic carbocycles. The summed E-state index contributed by atoms with van der Waals surface area (Å²) in [6.45, 7) is 1.92. The highest BCUT2D eigenvalue weighted by Crippen LogP contribution is 2.32. The standard InChI is InChI=1S/C15H11BrFN3O/c1-8-3-2-4-12(18)13(8)15-19-14(20-21-15)10-6-5-9(17)7-11(10)16/h2-7H,18H2,1H3. The van der Waals surface area contributed by atoms with Crippen LogP contribution in [0, 0.1) is 12.7 Å². The maximum absolute atomic E-state index is 13.1. The summed E-state index contributed by atoms with van der Waals surface area (Å²) < 4.78 is 19.0. The molecule has 0 aliphatic rings. The SMILES string of the molecule is Cc1cccc(N)c1-c1nc(-c2ccc(F)cc2Br)no1. The van der Waals surface area contributed by atoms with Gasteiger partial charge in [-0.05, 0) is 52.7 Å². The van der Waals surface area contributed by atoms with Crippen LogP contribution in [0.3, 0.4) is 0 Å². The monoisotopic (exact) mass is 347 g/mol. The Hall–Kier alpha value is -2.21. The van der Waals surface area contributed by atoms with Gasteiger partial charge in [0.05, 0.1) is 5.56 Å². The summed E-state index contributed by atoms with van der Waals surface area (Å²) >= 11 is 3.29. The lowest BCUT2D eigenvalue weighted by molar-refractivity contribution is 0.432. The van der Waals surface area contributed by atoms with E-state index in [0.717, 1.165) is 11.1 Å². The molecule has 1 aromatic heterocycles. The Morgan fingerprint density at radius 2 is 2.05 bits per heavy atom. The Bertz CT molecular complexity index is 796. The lowest BCUT2D eigenvalue weighted by Gasteiger charge is -2.03. The van der Waals surface area contributed by atoms with E-state index >= 15 is 0 Å². The molecule has 0 aliphatic heterocycles. The van der Waals surface area contributed by atoms with Crippen molar-refractivity contribution >= 4 is 21.6 Å². The maximum Gasteiger partial charge on any atom is 0.260 e. The first-order chi connectivity index (χ1) is 10.1. The minimum atomic E-state index is -0.336. The van der Waals surface area contributed by atoms with Gasteiger partial charge < -0.3 is 10.3 Å². The number of benzene rings is 2. The van der Waals surface area contributed by atoms with Crippen LogP contribution in [0.4, 0.5) is 10.1 Å². The second-order valence-electron chi connectivity index (χ2n) is 4.59. The molecule has 0 radical (unpaired) electrons. The van der Waals surface area contributed by atoms with Crippen LogP contribution in [0.5, 0.6) is 0 Å². The van der Waals surface area contributed by atoms with Gasteiger partial charge in [0.25, 0.3) is 5.89 Å². The Kier molecular flexibility index (Phi) is 3.47. The van der Waals surface area contributed by atoms with Crippen molar-refractivity contribution in [2.24, 2.45) is 0 Å². The van der Waals surface area contributed by atoms with Gasteiger partial charge in [0.2, 0.25) is 5.82 Å². The van der Waals surface area contributed by atoms with Crippen LogP contribution in [0.25, 0.3) is 22.8 Å². The minimum Gasteiger partial charge on any atom is -0.398 e. The van der Waals surface area contributed by atoms with Crippen LogP contribution in [0.2, 0.25) is 0 Å². The highest BCUT2D eigenvalue weighted by Gasteiger charge is 2.16. The number of aryl methyl sites for hydroxylation is 1. The third kappa shape index (κ3) is 2.54. The molecule has 3 aromatic rings. The Morgan fingerprint density at radius 3 is 2.76 bits per heavy atom. The van der Waals surface area contributed by atoms with E-state index < -0.39 is 0 Å². The van der Waals surface area contributed by atoms with Gasteiger partial charge in [0, 0.05) is 15.7 Å². The van der Waals surface area contributed by atoms with Crippen molar-refractivity contribution in [2.75, 3.05) is 5.73 Å². The molecule has 106 valence electrons. The Morgan fingerprint density at radius 1 is 1.24 bits per heavy atom. The lowest BCUT2D eigenvalue weighted by Crippen LogP contribution is -1.93. The van der Waals surface area contributed by atoms with Crippen LogP contribution in [0.15, 0.2) is 45.4 Å². The molecule has 0 fully saturated rings. The van der Waals surface area contributed by atoms with Crippen molar-refractivity contribution in [3.8, 4) is 22.8 Å². The maximum atomic E-state index is 13.1. The zero-order valence-corrected chi connectivity index (χ0v) is 12.7. The number of nitrogens with two attached hydrogens (primary N) is 1. The van der Waals surface area contributed by atoms with E-state index in [1.165, 1.54) is 12.1 Å². The number of halogens is 2. The number of rotatable bonds is 2. The molecule has 0 saturated carbocycles. The fourth-order valence-corrected chi connectivity index (χ4v) is 2.62. The molecule has 21 heavy (non-hydrogen) atoms. The summed E-state index contributed by atoms with van der Waals surface area (Å²) in [5.41, 5.74) is 8.85. The topological polar surface area (TPSA) is 64.9 Å². The van der Waals surface area contributed by atoms with Crippen molar-refractivity contribution in [1.29, 1.82) is 0 Å². The van der Waals surface area contributed by atoms with Gasteiger partial charge >= 0.3 is 0 Å². The number of aromatic nitrogens is 2. The van der Waals surface area contributed by atoms with Crippen LogP contribution in [0.1, 0.15) is 5.56 Å². The second kappa shape index (κ2) is 5.29. The molecule has 6 heteroatoms. The van der Waals surface area contributed by atoms with Crippen molar-refractivity contribution in [3.05, 3.63) is 52.3 Å². The zero-order chi connectivity index (χ0) is 15.0. The summed E-state index contributed by atoms with van der Waals surface area (Å²) in [6.07, 6.45) is 0. The van der Waals surface area contributed by atoms with Crippen molar-refractivity contribution in [2.45, 2.75) is 6.92 Å². The molecule has 1 heterocycles. The molecule has 4 nitrogen and oxygen atoms in total. The molecule has 0 atom stereocenters. The number of nitrogens with zero attached hydrogens (tertiary/aromatic N) is 2. The molecule has 0 unspecified atom stereocenters. The molecule has 3 rings (SSSR count). The van der Waals surface area contributed by atoms with Crippen molar-refractivity contribution in [1.82, 2.24) is 10.1 Å². The second-order valence-corrected chi connectivity index (χ2v) is 5.44. The van der Waals surface area contributed by atoms with Gasteiger partial charge in [0.15, 0.2) is 0 Å². The van der Waals surface area contributed by atoms with E-state index in [9.17, 15) is 4.39 Å². The van der Waals surface area contributed by atoms with Crippen LogP contribution in [-0.2, 0) is 0 Å². The first-order valence-electron chi connectivity index (χ1n) is 6.21. The zero-order valence-electron chi connectivity index (χ0n) is 11.1. The van der Waals surface area contributed by atoms with Crippen LogP contribution in [-0.4, -0.2) is 10.1 Å². The Balaban J connectivity index is 2.08. The molecular weight excluding hydrogens is 337 g/mol. The van der Waals surface area contributed by atoms with Crippen LogP contribution < -0.4 is 5.73 Å². The fraction of sp³-hybridized carbons (Fsp3) is 0.0667. The van der Waals surface area contributed by atoms with Crippen LogP contribution >= 0.6 is 15.9 Å². The molecule has 0 bridgehead atoms. The lowest BCUT2D eigenvalue weighted by atomic mass is 10.1. The van der Waals surface area contributed by atoms with Crippen molar-refractivity contribution in [3.63, 3.8) is 0 Å². The van der Waals surface area contributed by atoms with Gasteiger partial charge in [-0.25, -0.2) is 4.39 Å². The highest BCUT2D eigenvalue weighted by atomic mass is 79.9. The number of anilines is 1. The quantitative estimate of drug-likeness (QED) is 0.705. The molecule has 2 N–H and O–H groups in total. The highest BCUT2D eigenvalue weighted by molar-refractivity contribution is 9.10. The van der Waals surface area contributed by atoms with E-state index in [1.54, 1.807) is 12.1 Å². The van der Waals surface area contributed by atoms with Gasteiger partial charge in [-0.3, -0.25) is 0 Å². The van der Waals surface area contributed by atoms with Gasteiger partial charge in [0.1, 0.15) is 5.82 Å². The van der Waals surface area contributed by atoms with Gasteiger partial charge in [-0.15, -0.1) is 0 Å². The van der Waals surface area contributed by atoms with E-state index in [1.807, 2.05) is 19.1 Å². The predicted octanol–water partition coefficient (Wildman–Crippen LogP) is 4.20. The average molecular weight is 348 g/mol. The summed E-state index contributed by atoms with van der Waals surface area (Å²) in [6, 6.07) is 9.85. The smallest absolute Gasteiger partial charge is 0.260 e. The van der Waals surface area contributed by atoms with E-state index in [2.05, 4.69) is 26.1 Å².